The molecule has 3 aromatic rings. The van der Waals surface area contributed by atoms with Crippen LogP contribution in [0.5, 0.6) is 0 Å². The van der Waals surface area contributed by atoms with Gasteiger partial charge in [0.25, 0.3) is 0 Å². The second-order valence-corrected chi connectivity index (χ2v) is 6.07. The van der Waals surface area contributed by atoms with E-state index < -0.39 is 0 Å². The first-order chi connectivity index (χ1) is 11.1. The predicted octanol–water partition coefficient (Wildman–Crippen LogP) is 2.64. The molecule has 2 amide bonds. The van der Waals surface area contributed by atoms with E-state index in [1.165, 1.54) is 11.8 Å². The normalized spacial score (nSPS) is 14.0. The van der Waals surface area contributed by atoms with Crippen LogP contribution in [0.15, 0.2) is 35.7 Å². The zero-order valence-electron chi connectivity index (χ0n) is 12.6. The Labute approximate surface area is 136 Å². The standard InChI is InChI=1S/C15H14N6OS/c1-20-7-9-5-11(3-4-12(9)19-20)21-8-10-6-16-14(23-2)17-13(10)18-15(21)22/h3-7H,8H2,1-2H3,(H,16,17,18,22). The molecule has 0 saturated heterocycles. The third-order valence-corrected chi connectivity index (χ3v) is 4.30. The lowest BCUT2D eigenvalue weighted by atomic mass is 10.2. The molecule has 1 aromatic carbocycles. The highest BCUT2D eigenvalue weighted by Gasteiger charge is 2.25. The van der Waals surface area contributed by atoms with Gasteiger partial charge < -0.3 is 0 Å². The number of hydrogen-bond acceptors (Lipinski definition) is 5. The minimum absolute atomic E-state index is 0.188. The van der Waals surface area contributed by atoms with Crippen molar-refractivity contribution in [2.24, 2.45) is 7.05 Å². The molecule has 8 heteroatoms. The lowest BCUT2D eigenvalue weighted by molar-refractivity contribution is 0.256. The number of anilines is 2. The number of benzene rings is 1. The monoisotopic (exact) mass is 326 g/mol. The number of aryl methyl sites for hydroxylation is 1. The average Bonchev–Trinajstić information content (AvgIpc) is 2.92. The Hall–Kier alpha value is -2.61. The molecule has 0 unspecified atom stereocenters. The molecule has 0 aliphatic carbocycles. The third-order valence-electron chi connectivity index (χ3n) is 3.74. The summed E-state index contributed by atoms with van der Waals surface area (Å²) in [5, 5.41) is 8.83. The summed E-state index contributed by atoms with van der Waals surface area (Å²) in [7, 11) is 1.88. The van der Waals surface area contributed by atoms with Gasteiger partial charge in [0.1, 0.15) is 5.82 Å². The van der Waals surface area contributed by atoms with E-state index in [-0.39, 0.29) is 6.03 Å². The van der Waals surface area contributed by atoms with E-state index in [9.17, 15) is 4.79 Å². The van der Waals surface area contributed by atoms with Crippen molar-refractivity contribution in [1.82, 2.24) is 19.7 Å². The number of carbonyl (C=O) groups is 1. The minimum atomic E-state index is -0.188. The van der Waals surface area contributed by atoms with Gasteiger partial charge in [-0.05, 0) is 24.5 Å². The molecule has 0 radical (unpaired) electrons. The maximum absolute atomic E-state index is 12.4. The second kappa shape index (κ2) is 5.24. The first-order valence-electron chi connectivity index (χ1n) is 7.06. The molecule has 1 aliphatic rings. The van der Waals surface area contributed by atoms with Crippen molar-refractivity contribution < 1.29 is 4.79 Å². The fourth-order valence-electron chi connectivity index (χ4n) is 2.64. The molecule has 4 rings (SSSR count). The summed E-state index contributed by atoms with van der Waals surface area (Å²) in [6, 6.07) is 5.59. The van der Waals surface area contributed by atoms with Crippen molar-refractivity contribution >= 4 is 40.2 Å². The summed E-state index contributed by atoms with van der Waals surface area (Å²) in [6.45, 7) is 0.446. The predicted molar refractivity (Wildman–Crippen MR) is 89.7 cm³/mol. The number of hydrogen-bond donors (Lipinski definition) is 1. The number of thioether (sulfide) groups is 1. The summed E-state index contributed by atoms with van der Waals surface area (Å²) in [6.07, 6.45) is 5.60. The van der Waals surface area contributed by atoms with E-state index in [2.05, 4.69) is 20.4 Å². The van der Waals surface area contributed by atoms with Gasteiger partial charge in [0.2, 0.25) is 0 Å². The summed E-state index contributed by atoms with van der Waals surface area (Å²) < 4.78 is 1.76. The van der Waals surface area contributed by atoms with E-state index >= 15 is 0 Å². The number of carbonyl (C=O) groups excluding carboxylic acids is 1. The number of aromatic nitrogens is 4. The number of nitrogens with zero attached hydrogens (tertiary/aromatic N) is 5. The van der Waals surface area contributed by atoms with E-state index in [0.29, 0.717) is 17.5 Å². The first kappa shape index (κ1) is 14.0. The van der Waals surface area contributed by atoms with Crippen molar-refractivity contribution in [3.63, 3.8) is 0 Å². The second-order valence-electron chi connectivity index (χ2n) is 5.29. The van der Waals surface area contributed by atoms with Gasteiger partial charge in [0, 0.05) is 36.1 Å². The molecule has 23 heavy (non-hydrogen) atoms. The molecule has 0 fully saturated rings. The quantitative estimate of drug-likeness (QED) is 0.579. The van der Waals surface area contributed by atoms with Gasteiger partial charge in [0.05, 0.1) is 12.1 Å². The zero-order chi connectivity index (χ0) is 16.0. The van der Waals surface area contributed by atoms with Gasteiger partial charge in [0.15, 0.2) is 5.16 Å². The fourth-order valence-corrected chi connectivity index (χ4v) is 2.98. The molecule has 0 bridgehead atoms. The SMILES string of the molecule is CSc1ncc2c(n1)NC(=O)N(c1ccc3nn(C)cc3c1)C2. The smallest absolute Gasteiger partial charge is 0.291 e. The molecular formula is C15H14N6OS. The zero-order valence-corrected chi connectivity index (χ0v) is 13.5. The van der Waals surface area contributed by atoms with E-state index in [1.54, 1.807) is 15.8 Å². The summed E-state index contributed by atoms with van der Waals surface area (Å²) in [4.78, 5) is 22.7. The number of urea groups is 1. The third kappa shape index (κ3) is 2.40. The van der Waals surface area contributed by atoms with Crippen molar-refractivity contribution in [3.05, 3.63) is 36.2 Å². The molecule has 2 aromatic heterocycles. The van der Waals surface area contributed by atoms with Crippen molar-refractivity contribution in [2.75, 3.05) is 16.5 Å². The Morgan fingerprint density at radius 2 is 2.22 bits per heavy atom. The van der Waals surface area contributed by atoms with Crippen molar-refractivity contribution in [1.29, 1.82) is 0 Å². The van der Waals surface area contributed by atoms with Crippen LogP contribution in [0, 0.1) is 0 Å². The van der Waals surface area contributed by atoms with Gasteiger partial charge in [-0.2, -0.15) is 5.10 Å². The maximum Gasteiger partial charge on any atom is 0.327 e. The van der Waals surface area contributed by atoms with Gasteiger partial charge in [-0.3, -0.25) is 14.9 Å². The largest absolute Gasteiger partial charge is 0.327 e. The van der Waals surface area contributed by atoms with Crippen LogP contribution >= 0.6 is 11.8 Å². The Morgan fingerprint density at radius 1 is 1.35 bits per heavy atom. The van der Waals surface area contributed by atoms with E-state index in [1.807, 2.05) is 37.7 Å². The van der Waals surface area contributed by atoms with E-state index in [4.69, 9.17) is 0 Å². The Bertz CT molecular complexity index is 921. The summed E-state index contributed by atoms with van der Waals surface area (Å²) in [5.74, 6) is 0.591. The van der Waals surface area contributed by atoms with Gasteiger partial charge >= 0.3 is 6.03 Å². The first-order valence-corrected chi connectivity index (χ1v) is 8.28. The minimum Gasteiger partial charge on any atom is -0.291 e. The Balaban J connectivity index is 1.71. The molecule has 0 atom stereocenters. The lowest BCUT2D eigenvalue weighted by Gasteiger charge is -2.28. The fraction of sp³-hybridized carbons (Fsp3) is 0.200. The topological polar surface area (TPSA) is 75.9 Å². The van der Waals surface area contributed by atoms with Crippen LogP contribution in [0.25, 0.3) is 10.9 Å². The van der Waals surface area contributed by atoms with Crippen LogP contribution in [-0.2, 0) is 13.6 Å². The average molecular weight is 326 g/mol. The van der Waals surface area contributed by atoms with Crippen LogP contribution in [-0.4, -0.2) is 32.0 Å². The van der Waals surface area contributed by atoms with Crippen LogP contribution in [0.4, 0.5) is 16.3 Å². The van der Waals surface area contributed by atoms with Gasteiger partial charge in [-0.25, -0.2) is 14.8 Å². The highest BCUT2D eigenvalue weighted by atomic mass is 32.2. The summed E-state index contributed by atoms with van der Waals surface area (Å²) in [5.41, 5.74) is 2.62. The van der Waals surface area contributed by atoms with Gasteiger partial charge in [-0.15, -0.1) is 0 Å². The molecule has 0 saturated carbocycles. The Morgan fingerprint density at radius 3 is 3.04 bits per heavy atom. The molecular weight excluding hydrogens is 312 g/mol. The molecule has 3 heterocycles. The number of amides is 2. The Kier molecular flexibility index (Phi) is 3.19. The molecule has 0 spiro atoms. The number of nitrogens with one attached hydrogen (secondary N) is 1. The summed E-state index contributed by atoms with van der Waals surface area (Å²) >= 11 is 1.45. The van der Waals surface area contributed by atoms with E-state index in [0.717, 1.165) is 22.2 Å². The number of rotatable bonds is 2. The highest BCUT2D eigenvalue weighted by molar-refractivity contribution is 7.98. The molecule has 7 nitrogen and oxygen atoms in total. The van der Waals surface area contributed by atoms with Crippen LogP contribution < -0.4 is 10.2 Å². The maximum atomic E-state index is 12.4. The van der Waals surface area contributed by atoms with Crippen molar-refractivity contribution in [2.45, 2.75) is 11.7 Å². The number of fused-ring (bicyclic) bond motifs is 2. The molecule has 1 aliphatic heterocycles. The van der Waals surface area contributed by atoms with Crippen LogP contribution in [0.2, 0.25) is 0 Å². The lowest BCUT2D eigenvalue weighted by Crippen LogP contribution is -2.39. The highest BCUT2D eigenvalue weighted by Crippen LogP contribution is 2.28. The van der Waals surface area contributed by atoms with Gasteiger partial charge in [-0.1, -0.05) is 11.8 Å². The molecule has 116 valence electrons. The molecule has 1 N–H and O–H groups in total. The van der Waals surface area contributed by atoms with Crippen LogP contribution in [0.1, 0.15) is 5.56 Å². The van der Waals surface area contributed by atoms with Crippen LogP contribution in [0.3, 0.4) is 0 Å². The van der Waals surface area contributed by atoms with Crippen molar-refractivity contribution in [3.8, 4) is 0 Å².